The number of nitrogens with zero attached hydrogens (tertiary/aromatic N) is 1. The Labute approximate surface area is 91.7 Å². The lowest BCUT2D eigenvalue weighted by molar-refractivity contribution is -0.118. The zero-order valence-electron chi connectivity index (χ0n) is 8.65. The predicted octanol–water partition coefficient (Wildman–Crippen LogP) is -0.480. The van der Waals surface area contributed by atoms with E-state index in [0.717, 1.165) is 0 Å². The van der Waals surface area contributed by atoms with E-state index >= 15 is 0 Å². The number of carboxylic acids is 1. The normalized spacial score (nSPS) is 9.56. The molecule has 0 aliphatic rings. The number of carbonyl (C=O) groups is 2. The Balaban J connectivity index is 2.79. The summed E-state index contributed by atoms with van der Waals surface area (Å²) in [4.78, 5) is 25.5. The molecule has 16 heavy (non-hydrogen) atoms. The van der Waals surface area contributed by atoms with Gasteiger partial charge in [0.05, 0.1) is 24.0 Å². The molecule has 0 saturated heterocycles. The number of hydrogen-bond acceptors (Lipinski definition) is 5. The SMILES string of the molecule is CNC(=O)CNc1cc(C(=O)O)c(N)cn1. The quantitative estimate of drug-likeness (QED) is 0.548. The Hall–Kier alpha value is -2.31. The van der Waals surface area contributed by atoms with Gasteiger partial charge in [-0.3, -0.25) is 4.79 Å². The number of hydrogen-bond donors (Lipinski definition) is 4. The molecule has 0 aromatic carbocycles. The van der Waals surface area contributed by atoms with E-state index in [2.05, 4.69) is 15.6 Å². The fourth-order valence-electron chi connectivity index (χ4n) is 1.01. The average molecular weight is 224 g/mol. The molecule has 0 spiro atoms. The van der Waals surface area contributed by atoms with Crippen LogP contribution in [0.4, 0.5) is 11.5 Å². The van der Waals surface area contributed by atoms with Gasteiger partial charge in [-0.1, -0.05) is 0 Å². The van der Waals surface area contributed by atoms with Crippen LogP contribution in [0.3, 0.4) is 0 Å². The molecule has 1 aromatic heterocycles. The van der Waals surface area contributed by atoms with Crippen molar-refractivity contribution in [3.63, 3.8) is 0 Å². The maximum atomic E-state index is 10.9. The lowest BCUT2D eigenvalue weighted by atomic mass is 10.2. The van der Waals surface area contributed by atoms with Crippen molar-refractivity contribution in [2.75, 3.05) is 24.6 Å². The number of aromatic nitrogens is 1. The van der Waals surface area contributed by atoms with E-state index in [4.69, 9.17) is 10.8 Å². The van der Waals surface area contributed by atoms with Gasteiger partial charge in [-0.15, -0.1) is 0 Å². The van der Waals surface area contributed by atoms with E-state index in [-0.39, 0.29) is 29.5 Å². The Kier molecular flexibility index (Phi) is 3.65. The summed E-state index contributed by atoms with van der Waals surface area (Å²) < 4.78 is 0. The maximum Gasteiger partial charge on any atom is 0.337 e. The minimum atomic E-state index is -1.14. The molecule has 0 aliphatic carbocycles. The average Bonchev–Trinajstić information content (AvgIpc) is 2.27. The zero-order chi connectivity index (χ0) is 12.1. The third-order valence-electron chi connectivity index (χ3n) is 1.87. The first-order valence-electron chi connectivity index (χ1n) is 4.48. The number of aromatic carboxylic acids is 1. The third kappa shape index (κ3) is 2.84. The van der Waals surface area contributed by atoms with Crippen molar-refractivity contribution in [3.05, 3.63) is 17.8 Å². The van der Waals surface area contributed by atoms with Crippen molar-refractivity contribution >= 4 is 23.4 Å². The van der Waals surface area contributed by atoms with Crippen LogP contribution >= 0.6 is 0 Å². The molecule has 0 unspecified atom stereocenters. The number of pyridine rings is 1. The zero-order valence-corrected chi connectivity index (χ0v) is 8.65. The van der Waals surface area contributed by atoms with E-state index in [0.29, 0.717) is 0 Å². The lowest BCUT2D eigenvalue weighted by Crippen LogP contribution is -2.26. The van der Waals surface area contributed by atoms with Gasteiger partial charge < -0.3 is 21.5 Å². The highest BCUT2D eigenvalue weighted by Gasteiger charge is 2.09. The smallest absolute Gasteiger partial charge is 0.337 e. The minimum Gasteiger partial charge on any atom is -0.478 e. The molecule has 0 saturated carbocycles. The van der Waals surface area contributed by atoms with Crippen LogP contribution in [0.5, 0.6) is 0 Å². The molecule has 5 N–H and O–H groups in total. The summed E-state index contributed by atoms with van der Waals surface area (Å²) in [6.45, 7) is 0.0203. The van der Waals surface area contributed by atoms with Gasteiger partial charge in [-0.2, -0.15) is 0 Å². The molecule has 86 valence electrons. The highest BCUT2D eigenvalue weighted by molar-refractivity contribution is 5.94. The Morgan fingerprint density at radius 2 is 2.25 bits per heavy atom. The molecule has 1 aromatic rings. The first-order chi connectivity index (χ1) is 7.54. The van der Waals surface area contributed by atoms with Crippen molar-refractivity contribution in [2.45, 2.75) is 0 Å². The van der Waals surface area contributed by atoms with Crippen LogP contribution in [-0.4, -0.2) is 35.6 Å². The Morgan fingerprint density at radius 3 is 2.81 bits per heavy atom. The fraction of sp³-hybridized carbons (Fsp3) is 0.222. The van der Waals surface area contributed by atoms with E-state index in [1.807, 2.05) is 0 Å². The van der Waals surface area contributed by atoms with Gasteiger partial charge in [-0.25, -0.2) is 9.78 Å². The van der Waals surface area contributed by atoms with Crippen LogP contribution in [0.25, 0.3) is 0 Å². The first-order valence-corrected chi connectivity index (χ1v) is 4.48. The number of nitrogens with one attached hydrogen (secondary N) is 2. The fourth-order valence-corrected chi connectivity index (χ4v) is 1.01. The van der Waals surface area contributed by atoms with Crippen molar-refractivity contribution in [1.82, 2.24) is 10.3 Å². The molecule has 0 fully saturated rings. The number of amides is 1. The van der Waals surface area contributed by atoms with Crippen LogP contribution in [0, 0.1) is 0 Å². The van der Waals surface area contributed by atoms with E-state index in [9.17, 15) is 9.59 Å². The second-order valence-corrected chi connectivity index (χ2v) is 2.99. The topological polar surface area (TPSA) is 117 Å². The van der Waals surface area contributed by atoms with Gasteiger partial charge in [0.1, 0.15) is 5.82 Å². The van der Waals surface area contributed by atoms with E-state index < -0.39 is 5.97 Å². The number of carbonyl (C=O) groups excluding carboxylic acids is 1. The van der Waals surface area contributed by atoms with Gasteiger partial charge >= 0.3 is 5.97 Å². The second-order valence-electron chi connectivity index (χ2n) is 2.99. The van der Waals surface area contributed by atoms with Crippen LogP contribution in [0.2, 0.25) is 0 Å². The highest BCUT2D eigenvalue weighted by Crippen LogP contribution is 2.14. The number of rotatable bonds is 4. The summed E-state index contributed by atoms with van der Waals surface area (Å²) in [6, 6.07) is 1.28. The lowest BCUT2D eigenvalue weighted by Gasteiger charge is -2.06. The van der Waals surface area contributed by atoms with Gasteiger partial charge in [0.25, 0.3) is 0 Å². The third-order valence-corrected chi connectivity index (χ3v) is 1.87. The largest absolute Gasteiger partial charge is 0.478 e. The monoisotopic (exact) mass is 224 g/mol. The van der Waals surface area contributed by atoms with Gasteiger partial charge in [0.2, 0.25) is 5.91 Å². The highest BCUT2D eigenvalue weighted by atomic mass is 16.4. The number of likely N-dealkylation sites (N-methyl/N-ethyl adjacent to an activating group) is 1. The van der Waals surface area contributed by atoms with Crippen LogP contribution < -0.4 is 16.4 Å². The molecule has 0 atom stereocenters. The number of anilines is 2. The second kappa shape index (κ2) is 4.96. The van der Waals surface area contributed by atoms with Crippen LogP contribution in [-0.2, 0) is 4.79 Å². The summed E-state index contributed by atoms with van der Waals surface area (Å²) in [5.41, 5.74) is 5.46. The molecule has 0 aliphatic heterocycles. The summed E-state index contributed by atoms with van der Waals surface area (Å²) in [5, 5.41) is 13.9. The van der Waals surface area contributed by atoms with Gasteiger partial charge in [0.15, 0.2) is 0 Å². The van der Waals surface area contributed by atoms with Crippen molar-refractivity contribution < 1.29 is 14.7 Å². The number of nitrogen functional groups attached to an aromatic ring is 1. The van der Waals surface area contributed by atoms with Crippen LogP contribution in [0.1, 0.15) is 10.4 Å². The molecule has 1 amide bonds. The summed E-state index contributed by atoms with van der Waals surface area (Å²) in [5.74, 6) is -1.08. The molecule has 0 bridgehead atoms. The molecular weight excluding hydrogens is 212 g/mol. The van der Waals surface area contributed by atoms with Crippen molar-refractivity contribution in [3.8, 4) is 0 Å². The molecule has 1 rings (SSSR count). The predicted molar refractivity (Wildman–Crippen MR) is 58.2 cm³/mol. The van der Waals surface area contributed by atoms with Gasteiger partial charge in [-0.05, 0) is 6.07 Å². The number of carboxylic acid groups (broad SMARTS) is 1. The summed E-state index contributed by atoms with van der Waals surface area (Å²) >= 11 is 0. The molecular formula is C9H12N4O3. The van der Waals surface area contributed by atoms with Crippen molar-refractivity contribution in [1.29, 1.82) is 0 Å². The molecule has 7 heteroatoms. The minimum absolute atomic E-state index is 0.0203. The summed E-state index contributed by atoms with van der Waals surface area (Å²) in [6.07, 6.45) is 1.23. The Morgan fingerprint density at radius 1 is 1.56 bits per heavy atom. The molecule has 7 nitrogen and oxygen atoms in total. The van der Waals surface area contributed by atoms with Crippen LogP contribution in [0.15, 0.2) is 12.3 Å². The summed E-state index contributed by atoms with van der Waals surface area (Å²) in [7, 11) is 1.50. The van der Waals surface area contributed by atoms with E-state index in [1.165, 1.54) is 19.3 Å². The molecule has 1 heterocycles. The van der Waals surface area contributed by atoms with Crippen molar-refractivity contribution in [2.24, 2.45) is 0 Å². The first kappa shape index (κ1) is 11.8. The maximum absolute atomic E-state index is 10.9. The number of nitrogens with two attached hydrogens (primary N) is 1. The Bertz CT molecular complexity index is 419. The molecule has 0 radical (unpaired) electrons. The standard InChI is InChI=1S/C9H12N4O3/c1-11-8(14)4-13-7-2-5(9(15)16)6(10)3-12-7/h2-3H,4,10H2,1H3,(H,11,14)(H,12,13)(H,15,16). The van der Waals surface area contributed by atoms with E-state index in [1.54, 1.807) is 0 Å². The van der Waals surface area contributed by atoms with Gasteiger partial charge in [0, 0.05) is 7.05 Å².